The highest BCUT2D eigenvalue weighted by Gasteiger charge is 2.65. The van der Waals surface area contributed by atoms with Crippen molar-refractivity contribution in [2.24, 2.45) is 23.0 Å². The lowest BCUT2D eigenvalue weighted by Gasteiger charge is -2.41. The standard InChI is InChI=1S/C16H19NS/c17-14(18)16-8-11-6-13(16)9-15(7-11,10-16)12-4-2-1-3-5-12/h1-5,11,13H,6-10H2,(H2,17,18)/t11?,13-,15?,16?/m1/s1. The van der Waals surface area contributed by atoms with Gasteiger partial charge in [0.15, 0.2) is 0 Å². The molecule has 4 aliphatic rings. The number of rotatable bonds is 2. The van der Waals surface area contributed by atoms with Gasteiger partial charge in [0, 0.05) is 5.41 Å². The molecule has 3 unspecified atom stereocenters. The maximum atomic E-state index is 6.12. The Balaban J connectivity index is 1.81. The van der Waals surface area contributed by atoms with E-state index >= 15 is 0 Å². The Kier molecular flexibility index (Phi) is 2.05. The topological polar surface area (TPSA) is 26.0 Å². The Morgan fingerprint density at radius 2 is 1.94 bits per heavy atom. The summed E-state index contributed by atoms with van der Waals surface area (Å²) in [5.41, 5.74) is 8.24. The lowest BCUT2D eigenvalue weighted by Crippen LogP contribution is -2.40. The van der Waals surface area contributed by atoms with Gasteiger partial charge in [0.2, 0.25) is 0 Å². The molecule has 2 N–H and O–H groups in total. The molecule has 1 aromatic carbocycles. The van der Waals surface area contributed by atoms with Crippen LogP contribution >= 0.6 is 12.2 Å². The Morgan fingerprint density at radius 1 is 1.17 bits per heavy atom. The van der Waals surface area contributed by atoms with Gasteiger partial charge in [-0.3, -0.25) is 0 Å². The Labute approximate surface area is 114 Å². The first kappa shape index (κ1) is 11.0. The molecule has 5 rings (SSSR count). The highest BCUT2D eigenvalue weighted by molar-refractivity contribution is 7.80. The van der Waals surface area contributed by atoms with Crippen LogP contribution in [0.3, 0.4) is 0 Å². The highest BCUT2D eigenvalue weighted by atomic mass is 32.1. The molecule has 4 fully saturated rings. The zero-order chi connectivity index (χ0) is 12.4. The van der Waals surface area contributed by atoms with Crippen molar-refractivity contribution in [3.63, 3.8) is 0 Å². The van der Waals surface area contributed by atoms with Crippen molar-refractivity contribution in [3.05, 3.63) is 35.9 Å². The summed E-state index contributed by atoms with van der Waals surface area (Å²) in [4.78, 5) is 0.799. The largest absolute Gasteiger partial charge is 0.393 e. The molecule has 1 nitrogen and oxygen atoms in total. The molecule has 0 aliphatic heterocycles. The molecular weight excluding hydrogens is 238 g/mol. The summed E-state index contributed by atoms with van der Waals surface area (Å²) < 4.78 is 0. The van der Waals surface area contributed by atoms with E-state index in [9.17, 15) is 0 Å². The van der Waals surface area contributed by atoms with E-state index in [1.54, 1.807) is 0 Å². The van der Waals surface area contributed by atoms with Crippen molar-refractivity contribution in [2.45, 2.75) is 37.5 Å². The smallest absolute Gasteiger partial charge is 0.0793 e. The molecule has 0 spiro atoms. The molecule has 0 heterocycles. The third-order valence-electron chi connectivity index (χ3n) is 5.90. The number of benzene rings is 1. The van der Waals surface area contributed by atoms with Gasteiger partial charge in [-0.15, -0.1) is 0 Å². The minimum Gasteiger partial charge on any atom is -0.393 e. The SMILES string of the molecule is NC(=S)C12CC3C[C@@H]1CC(c1ccccc1)(C3)C2. The summed E-state index contributed by atoms with van der Waals surface area (Å²) in [5, 5.41) is 0. The van der Waals surface area contributed by atoms with Crippen LogP contribution in [0, 0.1) is 17.3 Å². The summed E-state index contributed by atoms with van der Waals surface area (Å²) >= 11 is 5.43. The van der Waals surface area contributed by atoms with Crippen LogP contribution in [0.15, 0.2) is 30.3 Å². The van der Waals surface area contributed by atoms with Crippen LogP contribution in [0.4, 0.5) is 0 Å². The average molecular weight is 257 g/mol. The van der Waals surface area contributed by atoms with E-state index in [4.69, 9.17) is 18.0 Å². The minimum atomic E-state index is 0.202. The first-order valence-electron chi connectivity index (χ1n) is 7.00. The van der Waals surface area contributed by atoms with Crippen LogP contribution in [0.2, 0.25) is 0 Å². The van der Waals surface area contributed by atoms with Crippen LogP contribution in [-0.4, -0.2) is 4.99 Å². The van der Waals surface area contributed by atoms with Gasteiger partial charge < -0.3 is 5.73 Å². The molecule has 0 amide bonds. The van der Waals surface area contributed by atoms with Crippen LogP contribution in [-0.2, 0) is 5.41 Å². The molecule has 94 valence electrons. The summed E-state index contributed by atoms with van der Waals surface area (Å²) in [7, 11) is 0. The number of thiocarbonyl (C=S) groups is 1. The second kappa shape index (κ2) is 3.36. The Hall–Kier alpha value is -0.890. The van der Waals surface area contributed by atoms with Crippen molar-refractivity contribution in [1.82, 2.24) is 0 Å². The fourth-order valence-electron chi connectivity index (χ4n) is 5.42. The molecular formula is C16H19NS. The molecule has 4 aliphatic carbocycles. The van der Waals surface area contributed by atoms with Gasteiger partial charge in [0.1, 0.15) is 0 Å². The van der Waals surface area contributed by atoms with E-state index in [1.807, 2.05) is 0 Å². The monoisotopic (exact) mass is 257 g/mol. The van der Waals surface area contributed by atoms with E-state index in [1.165, 1.54) is 37.7 Å². The van der Waals surface area contributed by atoms with Gasteiger partial charge >= 0.3 is 0 Å². The quantitative estimate of drug-likeness (QED) is 0.822. The zero-order valence-electron chi connectivity index (χ0n) is 10.6. The van der Waals surface area contributed by atoms with Gasteiger partial charge in [0.05, 0.1) is 4.99 Å². The average Bonchev–Trinajstić information content (AvgIpc) is 2.76. The Bertz CT molecular complexity index is 511. The van der Waals surface area contributed by atoms with E-state index in [2.05, 4.69) is 30.3 Å². The van der Waals surface area contributed by atoms with Gasteiger partial charge in [-0.1, -0.05) is 42.5 Å². The molecule has 4 saturated carbocycles. The van der Waals surface area contributed by atoms with Gasteiger partial charge in [-0.05, 0) is 54.9 Å². The molecule has 4 bridgehead atoms. The Morgan fingerprint density at radius 3 is 2.61 bits per heavy atom. The lowest BCUT2D eigenvalue weighted by molar-refractivity contribution is 0.218. The second-order valence-corrected chi connectivity index (χ2v) is 7.19. The number of nitrogens with two attached hydrogens (primary N) is 1. The third kappa shape index (κ3) is 1.20. The van der Waals surface area contributed by atoms with Gasteiger partial charge in [-0.2, -0.15) is 0 Å². The zero-order valence-corrected chi connectivity index (χ0v) is 11.4. The second-order valence-electron chi connectivity index (χ2n) is 6.75. The summed E-state index contributed by atoms with van der Waals surface area (Å²) in [5.74, 6) is 1.62. The number of hydrogen-bond acceptors (Lipinski definition) is 1. The first-order chi connectivity index (χ1) is 8.65. The molecule has 4 atom stereocenters. The summed E-state index contributed by atoms with van der Waals surface area (Å²) in [6, 6.07) is 11.1. The van der Waals surface area contributed by atoms with Crippen LogP contribution in [0.1, 0.15) is 37.7 Å². The summed E-state index contributed by atoms with van der Waals surface area (Å²) in [6.07, 6.45) is 6.51. The van der Waals surface area contributed by atoms with Gasteiger partial charge in [-0.25, -0.2) is 0 Å². The minimum absolute atomic E-state index is 0.202. The maximum Gasteiger partial charge on any atom is 0.0793 e. The predicted octanol–water partition coefficient (Wildman–Crippen LogP) is 3.42. The predicted molar refractivity (Wildman–Crippen MR) is 77.4 cm³/mol. The van der Waals surface area contributed by atoms with Gasteiger partial charge in [0.25, 0.3) is 0 Å². The maximum absolute atomic E-state index is 6.12. The third-order valence-corrected chi connectivity index (χ3v) is 6.31. The van der Waals surface area contributed by atoms with E-state index in [0.29, 0.717) is 5.41 Å². The van der Waals surface area contributed by atoms with E-state index < -0.39 is 0 Å². The lowest BCUT2D eigenvalue weighted by atomic mass is 9.64. The molecule has 0 radical (unpaired) electrons. The van der Waals surface area contributed by atoms with Crippen molar-refractivity contribution in [3.8, 4) is 0 Å². The molecule has 1 aromatic rings. The normalized spacial score (nSPS) is 44.4. The molecule has 18 heavy (non-hydrogen) atoms. The molecule has 0 aromatic heterocycles. The van der Waals surface area contributed by atoms with Crippen LogP contribution in [0.5, 0.6) is 0 Å². The summed E-state index contributed by atoms with van der Waals surface area (Å²) in [6.45, 7) is 0. The van der Waals surface area contributed by atoms with Crippen LogP contribution < -0.4 is 5.73 Å². The van der Waals surface area contributed by atoms with Crippen molar-refractivity contribution in [1.29, 1.82) is 0 Å². The van der Waals surface area contributed by atoms with Crippen molar-refractivity contribution >= 4 is 17.2 Å². The molecule has 2 heteroatoms. The van der Waals surface area contributed by atoms with E-state index in [0.717, 1.165) is 16.8 Å². The highest BCUT2D eigenvalue weighted by Crippen LogP contribution is 2.70. The fraction of sp³-hybridized carbons (Fsp3) is 0.562. The number of hydrogen-bond donors (Lipinski definition) is 1. The fourth-order valence-corrected chi connectivity index (χ4v) is 5.74. The molecule has 0 saturated heterocycles. The van der Waals surface area contributed by atoms with Crippen molar-refractivity contribution < 1.29 is 0 Å². The van der Waals surface area contributed by atoms with Crippen LogP contribution in [0.25, 0.3) is 0 Å². The van der Waals surface area contributed by atoms with Crippen molar-refractivity contribution in [2.75, 3.05) is 0 Å². The first-order valence-corrected chi connectivity index (χ1v) is 7.41. The van der Waals surface area contributed by atoms with E-state index in [-0.39, 0.29) is 5.41 Å².